The van der Waals surface area contributed by atoms with Crippen molar-refractivity contribution >= 4 is 0 Å². The number of hydrogen-bond acceptors (Lipinski definition) is 3. The third-order valence-corrected chi connectivity index (χ3v) is 4.15. The van der Waals surface area contributed by atoms with Crippen LogP contribution in [0.1, 0.15) is 25.3 Å². The molecular weight excluding hydrogens is 233 g/mol. The Bertz CT molecular complexity index is 397. The standard InChI is InChI=1S/C14H20FNO2/c1-13(17,11-3-5-12(15)6-4-11)14(9-16)7-2-8-18-10-14/h3-6,17H,2,7-10,16H2,1H3. The van der Waals surface area contributed by atoms with Crippen molar-refractivity contribution in [1.82, 2.24) is 0 Å². The SMILES string of the molecule is CC(O)(c1ccc(F)cc1)C1(CN)CCCOC1. The third-order valence-electron chi connectivity index (χ3n) is 4.15. The maximum absolute atomic E-state index is 13.0. The molecule has 0 radical (unpaired) electrons. The van der Waals surface area contributed by atoms with Gasteiger partial charge in [-0.3, -0.25) is 0 Å². The van der Waals surface area contributed by atoms with Crippen molar-refractivity contribution in [3.63, 3.8) is 0 Å². The summed E-state index contributed by atoms with van der Waals surface area (Å²) in [5.74, 6) is -0.309. The first-order valence-electron chi connectivity index (χ1n) is 6.28. The van der Waals surface area contributed by atoms with E-state index in [0.29, 0.717) is 25.3 Å². The molecule has 0 bridgehead atoms. The van der Waals surface area contributed by atoms with Crippen molar-refractivity contribution < 1.29 is 14.2 Å². The van der Waals surface area contributed by atoms with Gasteiger partial charge in [0.15, 0.2) is 0 Å². The van der Waals surface area contributed by atoms with E-state index in [1.165, 1.54) is 12.1 Å². The minimum absolute atomic E-state index is 0.309. The molecule has 1 aromatic carbocycles. The molecule has 4 heteroatoms. The average Bonchev–Trinajstić information content (AvgIpc) is 2.40. The molecule has 100 valence electrons. The zero-order valence-electron chi connectivity index (χ0n) is 10.7. The van der Waals surface area contributed by atoms with Crippen LogP contribution in [0.4, 0.5) is 4.39 Å². The van der Waals surface area contributed by atoms with E-state index in [1.807, 2.05) is 0 Å². The Morgan fingerprint density at radius 2 is 2.11 bits per heavy atom. The highest BCUT2D eigenvalue weighted by molar-refractivity contribution is 5.26. The highest BCUT2D eigenvalue weighted by atomic mass is 19.1. The third kappa shape index (κ3) is 2.16. The number of halogens is 1. The number of aliphatic hydroxyl groups is 1. The highest BCUT2D eigenvalue weighted by Gasteiger charge is 2.48. The lowest BCUT2D eigenvalue weighted by Gasteiger charge is -2.47. The van der Waals surface area contributed by atoms with Crippen molar-refractivity contribution in [2.45, 2.75) is 25.4 Å². The van der Waals surface area contributed by atoms with Crippen molar-refractivity contribution in [2.75, 3.05) is 19.8 Å². The number of ether oxygens (including phenoxy) is 1. The molecule has 0 amide bonds. The normalized spacial score (nSPS) is 27.8. The van der Waals surface area contributed by atoms with E-state index in [0.717, 1.165) is 12.8 Å². The van der Waals surface area contributed by atoms with Crippen LogP contribution in [0.5, 0.6) is 0 Å². The Morgan fingerprint density at radius 1 is 1.44 bits per heavy atom. The van der Waals surface area contributed by atoms with Crippen molar-refractivity contribution in [3.8, 4) is 0 Å². The lowest BCUT2D eigenvalue weighted by molar-refractivity contribution is -0.139. The van der Waals surface area contributed by atoms with Crippen molar-refractivity contribution in [3.05, 3.63) is 35.6 Å². The first-order chi connectivity index (χ1) is 8.52. The predicted molar refractivity (Wildman–Crippen MR) is 67.5 cm³/mol. The smallest absolute Gasteiger partial charge is 0.123 e. The molecule has 1 aromatic rings. The van der Waals surface area contributed by atoms with Gasteiger partial charge in [0.25, 0.3) is 0 Å². The maximum atomic E-state index is 13.0. The van der Waals surface area contributed by atoms with Crippen LogP contribution in [0, 0.1) is 11.2 Å². The van der Waals surface area contributed by atoms with Crippen LogP contribution >= 0.6 is 0 Å². The van der Waals surface area contributed by atoms with Crippen LogP contribution < -0.4 is 5.73 Å². The summed E-state index contributed by atoms with van der Waals surface area (Å²) >= 11 is 0. The molecule has 1 heterocycles. The van der Waals surface area contributed by atoms with Gasteiger partial charge in [-0.2, -0.15) is 0 Å². The van der Waals surface area contributed by atoms with Crippen LogP contribution in [0.2, 0.25) is 0 Å². The van der Waals surface area contributed by atoms with Crippen LogP contribution in [0.15, 0.2) is 24.3 Å². The molecule has 18 heavy (non-hydrogen) atoms. The van der Waals surface area contributed by atoms with Gasteiger partial charge in [-0.05, 0) is 37.5 Å². The van der Waals surface area contributed by atoms with E-state index in [2.05, 4.69) is 0 Å². The van der Waals surface area contributed by atoms with Crippen LogP contribution in [-0.4, -0.2) is 24.9 Å². The van der Waals surface area contributed by atoms with Crippen molar-refractivity contribution in [2.24, 2.45) is 11.1 Å². The van der Waals surface area contributed by atoms with Gasteiger partial charge in [-0.15, -0.1) is 0 Å². The van der Waals surface area contributed by atoms with E-state index in [-0.39, 0.29) is 5.82 Å². The minimum atomic E-state index is -1.12. The van der Waals surface area contributed by atoms with Gasteiger partial charge in [0, 0.05) is 18.6 Å². The number of hydrogen-bond donors (Lipinski definition) is 2. The van der Waals surface area contributed by atoms with E-state index in [9.17, 15) is 9.50 Å². The average molecular weight is 253 g/mol. The monoisotopic (exact) mass is 253 g/mol. The quantitative estimate of drug-likeness (QED) is 0.863. The van der Waals surface area contributed by atoms with E-state index < -0.39 is 11.0 Å². The molecule has 1 fully saturated rings. The van der Waals surface area contributed by atoms with Gasteiger partial charge in [0.05, 0.1) is 12.2 Å². The Balaban J connectivity index is 2.35. The van der Waals surface area contributed by atoms with Crippen LogP contribution in [0.25, 0.3) is 0 Å². The largest absolute Gasteiger partial charge is 0.385 e. The van der Waals surface area contributed by atoms with Gasteiger partial charge in [0.2, 0.25) is 0 Å². The lowest BCUT2D eigenvalue weighted by Crippen LogP contribution is -2.53. The summed E-state index contributed by atoms with van der Waals surface area (Å²) in [6.45, 7) is 3.23. The van der Waals surface area contributed by atoms with Gasteiger partial charge >= 0.3 is 0 Å². The molecule has 1 aliphatic heterocycles. The molecule has 0 aliphatic carbocycles. The fourth-order valence-electron chi connectivity index (χ4n) is 2.68. The molecule has 3 N–H and O–H groups in total. The summed E-state index contributed by atoms with van der Waals surface area (Å²) < 4.78 is 18.5. The second-order valence-electron chi connectivity index (χ2n) is 5.22. The molecule has 1 saturated heterocycles. The second-order valence-corrected chi connectivity index (χ2v) is 5.22. The fraction of sp³-hybridized carbons (Fsp3) is 0.571. The number of nitrogens with two attached hydrogens (primary N) is 1. The summed E-state index contributed by atoms with van der Waals surface area (Å²) in [6.07, 6.45) is 1.70. The topological polar surface area (TPSA) is 55.5 Å². The molecular formula is C14H20FNO2. The van der Waals surface area contributed by atoms with Crippen LogP contribution in [0.3, 0.4) is 0 Å². The summed E-state index contributed by atoms with van der Waals surface area (Å²) in [4.78, 5) is 0. The summed E-state index contributed by atoms with van der Waals surface area (Å²) in [5.41, 5.74) is 4.95. The molecule has 1 aliphatic rings. The van der Waals surface area contributed by atoms with E-state index in [4.69, 9.17) is 10.5 Å². The van der Waals surface area contributed by atoms with Gasteiger partial charge in [-0.1, -0.05) is 12.1 Å². The Labute approximate surface area is 107 Å². The minimum Gasteiger partial charge on any atom is -0.385 e. The zero-order valence-corrected chi connectivity index (χ0v) is 10.7. The number of benzene rings is 1. The fourth-order valence-corrected chi connectivity index (χ4v) is 2.68. The zero-order chi connectivity index (χ0) is 13.2. The molecule has 2 rings (SSSR count). The first kappa shape index (κ1) is 13.5. The molecule has 0 spiro atoms. The molecule has 2 unspecified atom stereocenters. The van der Waals surface area contributed by atoms with Crippen LogP contribution in [-0.2, 0) is 10.3 Å². The predicted octanol–water partition coefficient (Wildman–Crippen LogP) is 1.79. The summed E-state index contributed by atoms with van der Waals surface area (Å²) in [6, 6.07) is 5.94. The summed E-state index contributed by atoms with van der Waals surface area (Å²) in [5, 5.41) is 10.9. The molecule has 3 nitrogen and oxygen atoms in total. The lowest BCUT2D eigenvalue weighted by atomic mass is 9.66. The highest BCUT2D eigenvalue weighted by Crippen LogP contribution is 2.44. The van der Waals surface area contributed by atoms with Gasteiger partial charge in [-0.25, -0.2) is 4.39 Å². The number of rotatable bonds is 3. The molecule has 2 atom stereocenters. The maximum Gasteiger partial charge on any atom is 0.123 e. The molecule has 0 saturated carbocycles. The van der Waals surface area contributed by atoms with Gasteiger partial charge < -0.3 is 15.6 Å². The van der Waals surface area contributed by atoms with Crippen molar-refractivity contribution in [1.29, 1.82) is 0 Å². The van der Waals surface area contributed by atoms with Gasteiger partial charge in [0.1, 0.15) is 5.82 Å². The Morgan fingerprint density at radius 3 is 2.61 bits per heavy atom. The Kier molecular flexibility index (Phi) is 3.71. The second kappa shape index (κ2) is 4.96. The first-order valence-corrected chi connectivity index (χ1v) is 6.28. The van der Waals surface area contributed by atoms with E-state index in [1.54, 1.807) is 19.1 Å². The summed E-state index contributed by atoms with van der Waals surface area (Å²) in [7, 11) is 0. The Hall–Kier alpha value is -0.970. The molecule has 0 aromatic heterocycles. The van der Waals surface area contributed by atoms with E-state index >= 15 is 0 Å².